The fourth-order valence-electron chi connectivity index (χ4n) is 4.04. The van der Waals surface area contributed by atoms with E-state index in [-0.39, 0.29) is 11.5 Å². The lowest BCUT2D eigenvalue weighted by molar-refractivity contribution is 0.596. The van der Waals surface area contributed by atoms with Gasteiger partial charge in [-0.1, -0.05) is 54.1 Å². The first kappa shape index (κ1) is 19.9. The molecule has 0 radical (unpaired) electrons. The van der Waals surface area contributed by atoms with E-state index in [0.717, 1.165) is 29.5 Å². The Morgan fingerprint density at radius 1 is 1.10 bits per heavy atom. The second kappa shape index (κ2) is 8.56. The monoisotopic (exact) mass is 417 g/mol. The van der Waals surface area contributed by atoms with E-state index in [1.807, 2.05) is 36.4 Å². The molecule has 1 atom stereocenters. The first-order valence-electron chi connectivity index (χ1n) is 9.83. The second-order valence-electron chi connectivity index (χ2n) is 7.47. The van der Waals surface area contributed by atoms with Crippen molar-refractivity contribution in [3.8, 4) is 6.07 Å². The number of aromatic nitrogens is 2. The Hall–Kier alpha value is -3.36. The minimum atomic E-state index is -0.475. The summed E-state index contributed by atoms with van der Waals surface area (Å²) in [7, 11) is 0. The Balaban J connectivity index is 1.64. The Bertz CT molecular complexity index is 1270. The highest BCUT2D eigenvalue weighted by Gasteiger charge is 2.23. The van der Waals surface area contributed by atoms with Gasteiger partial charge in [0.05, 0.1) is 11.6 Å². The van der Waals surface area contributed by atoms with Crippen LogP contribution in [0.5, 0.6) is 0 Å². The summed E-state index contributed by atoms with van der Waals surface area (Å²) in [5.41, 5.74) is 4.13. The van der Waals surface area contributed by atoms with Crippen LogP contribution in [0.4, 0.5) is 0 Å². The molecule has 0 spiro atoms. The summed E-state index contributed by atoms with van der Waals surface area (Å²) in [4.78, 5) is 29.8. The molecule has 4 rings (SSSR count). The number of H-pyrrole nitrogens is 2. The van der Waals surface area contributed by atoms with E-state index in [2.05, 4.69) is 22.1 Å². The zero-order valence-corrected chi connectivity index (χ0v) is 17.0. The number of halogens is 1. The molecular formula is C24H20ClN3O2. The molecule has 1 heterocycles. The molecule has 150 valence electrons. The molecule has 3 aromatic rings. The number of nitriles is 1. The van der Waals surface area contributed by atoms with Gasteiger partial charge in [-0.05, 0) is 48.1 Å². The summed E-state index contributed by atoms with van der Waals surface area (Å²) in [5, 5.41) is 9.58. The molecule has 2 N–H and O–H groups in total. The van der Waals surface area contributed by atoms with Gasteiger partial charge in [-0.3, -0.25) is 9.78 Å². The molecule has 0 aliphatic heterocycles. The van der Waals surface area contributed by atoms with E-state index < -0.39 is 5.69 Å². The average molecular weight is 418 g/mol. The third-order valence-corrected chi connectivity index (χ3v) is 5.87. The molecule has 0 saturated carbocycles. The molecule has 0 saturated heterocycles. The topological polar surface area (TPSA) is 89.5 Å². The van der Waals surface area contributed by atoms with Crippen molar-refractivity contribution >= 4 is 17.2 Å². The lowest BCUT2D eigenvalue weighted by Crippen LogP contribution is -2.30. The lowest BCUT2D eigenvalue weighted by atomic mass is 9.82. The third-order valence-electron chi connectivity index (χ3n) is 5.56. The first-order valence-corrected chi connectivity index (χ1v) is 10.2. The first-order chi connectivity index (χ1) is 14.5. The average Bonchev–Trinajstić information content (AvgIpc) is 2.76. The number of nitrogens with one attached hydrogen (secondary N) is 2. The van der Waals surface area contributed by atoms with E-state index in [1.54, 1.807) is 12.1 Å². The number of benzene rings is 2. The highest BCUT2D eigenvalue weighted by atomic mass is 35.5. The summed E-state index contributed by atoms with van der Waals surface area (Å²) >= 11 is 6.37. The molecule has 2 aromatic carbocycles. The molecule has 1 aliphatic rings. The number of hydrogen-bond donors (Lipinski definition) is 2. The third kappa shape index (κ3) is 4.14. The van der Waals surface area contributed by atoms with Crippen molar-refractivity contribution in [2.45, 2.75) is 31.6 Å². The fraction of sp³-hybridized carbons (Fsp3) is 0.208. The molecule has 1 unspecified atom stereocenters. The van der Waals surface area contributed by atoms with E-state index in [9.17, 15) is 9.59 Å². The predicted molar refractivity (Wildman–Crippen MR) is 118 cm³/mol. The summed E-state index contributed by atoms with van der Waals surface area (Å²) < 4.78 is 0. The maximum Gasteiger partial charge on any atom is 0.325 e. The SMILES string of the molecule is N#Cc1ccc(C2=CCC(c3[nH]c(=O)[nH]c(=O)c3Cc3ccccc3)CC2)c(Cl)c1. The normalized spacial score (nSPS) is 16.0. The van der Waals surface area contributed by atoms with Crippen LogP contribution in [-0.4, -0.2) is 9.97 Å². The molecule has 1 aliphatic carbocycles. The van der Waals surface area contributed by atoms with Crippen LogP contribution in [0.2, 0.25) is 5.02 Å². The minimum absolute atomic E-state index is 0.0552. The zero-order valence-electron chi connectivity index (χ0n) is 16.2. The van der Waals surface area contributed by atoms with Crippen molar-refractivity contribution in [3.05, 3.63) is 108 Å². The van der Waals surface area contributed by atoms with Gasteiger partial charge in [-0.15, -0.1) is 0 Å². The minimum Gasteiger partial charge on any atom is -0.311 e. The molecule has 5 nitrogen and oxygen atoms in total. The Morgan fingerprint density at radius 2 is 1.90 bits per heavy atom. The van der Waals surface area contributed by atoms with Crippen LogP contribution in [0.15, 0.2) is 64.2 Å². The van der Waals surface area contributed by atoms with Crippen LogP contribution in [0.3, 0.4) is 0 Å². The fourth-order valence-corrected chi connectivity index (χ4v) is 4.34. The molecular weight excluding hydrogens is 398 g/mol. The van der Waals surface area contributed by atoms with Crippen LogP contribution in [0.25, 0.3) is 5.57 Å². The maximum atomic E-state index is 12.6. The van der Waals surface area contributed by atoms with Gasteiger partial charge >= 0.3 is 5.69 Å². The van der Waals surface area contributed by atoms with Gasteiger partial charge in [-0.2, -0.15) is 5.26 Å². The molecule has 0 fully saturated rings. The maximum absolute atomic E-state index is 12.6. The number of allylic oxidation sites excluding steroid dienone is 2. The lowest BCUT2D eigenvalue weighted by Gasteiger charge is -2.24. The summed E-state index contributed by atoms with van der Waals surface area (Å²) in [5.74, 6) is 0.0552. The summed E-state index contributed by atoms with van der Waals surface area (Å²) in [6.07, 6.45) is 4.86. The van der Waals surface area contributed by atoms with Crippen molar-refractivity contribution in [2.75, 3.05) is 0 Å². The summed E-state index contributed by atoms with van der Waals surface area (Å²) in [6.45, 7) is 0. The van der Waals surface area contributed by atoms with Gasteiger partial charge < -0.3 is 4.98 Å². The molecule has 1 aromatic heterocycles. The largest absolute Gasteiger partial charge is 0.325 e. The van der Waals surface area contributed by atoms with Crippen molar-refractivity contribution in [1.82, 2.24) is 9.97 Å². The van der Waals surface area contributed by atoms with E-state index in [1.165, 1.54) is 0 Å². The van der Waals surface area contributed by atoms with Crippen molar-refractivity contribution in [2.24, 2.45) is 0 Å². The standard InChI is InChI=1S/C24H20ClN3O2/c25-21-13-16(14-26)6-11-19(21)17-7-9-18(10-8-17)22-20(23(29)28-24(30)27-22)12-15-4-2-1-3-5-15/h1-7,11,13,18H,8-10,12H2,(H2,27,28,29,30). The Kier molecular flexibility index (Phi) is 5.69. The van der Waals surface area contributed by atoms with E-state index >= 15 is 0 Å². The van der Waals surface area contributed by atoms with E-state index in [0.29, 0.717) is 34.7 Å². The van der Waals surface area contributed by atoms with Crippen LogP contribution in [0, 0.1) is 11.3 Å². The van der Waals surface area contributed by atoms with Crippen molar-refractivity contribution < 1.29 is 0 Å². The van der Waals surface area contributed by atoms with Crippen molar-refractivity contribution in [1.29, 1.82) is 5.26 Å². The molecule has 0 amide bonds. The Labute approximate surface area is 178 Å². The van der Waals surface area contributed by atoms with Gasteiger partial charge in [0.2, 0.25) is 0 Å². The van der Waals surface area contributed by atoms with Crippen molar-refractivity contribution in [3.63, 3.8) is 0 Å². The Morgan fingerprint density at radius 3 is 2.57 bits per heavy atom. The highest BCUT2D eigenvalue weighted by Crippen LogP contribution is 2.38. The number of rotatable bonds is 4. The predicted octanol–water partition coefficient (Wildman–Crippen LogP) is 4.53. The summed E-state index contributed by atoms with van der Waals surface area (Å²) in [6, 6.07) is 17.2. The number of hydrogen-bond acceptors (Lipinski definition) is 3. The van der Waals surface area contributed by atoms with Crippen LogP contribution in [0.1, 0.15) is 53.1 Å². The van der Waals surface area contributed by atoms with Gasteiger partial charge in [-0.25, -0.2) is 4.79 Å². The number of aromatic amines is 2. The quantitative estimate of drug-likeness (QED) is 0.653. The van der Waals surface area contributed by atoms with Crippen LogP contribution < -0.4 is 11.2 Å². The molecule has 30 heavy (non-hydrogen) atoms. The van der Waals surface area contributed by atoms with Gasteiger partial charge in [0.1, 0.15) is 0 Å². The van der Waals surface area contributed by atoms with Crippen LogP contribution >= 0.6 is 11.6 Å². The van der Waals surface area contributed by atoms with Crippen LogP contribution in [-0.2, 0) is 6.42 Å². The molecule has 0 bridgehead atoms. The smallest absolute Gasteiger partial charge is 0.311 e. The van der Waals surface area contributed by atoms with Gasteiger partial charge in [0, 0.05) is 28.6 Å². The second-order valence-corrected chi connectivity index (χ2v) is 7.88. The molecule has 6 heteroatoms. The number of nitrogens with zero attached hydrogens (tertiary/aromatic N) is 1. The van der Waals surface area contributed by atoms with Gasteiger partial charge in [0.15, 0.2) is 0 Å². The highest BCUT2D eigenvalue weighted by molar-refractivity contribution is 6.32. The van der Waals surface area contributed by atoms with Gasteiger partial charge in [0.25, 0.3) is 5.56 Å². The zero-order chi connectivity index (χ0) is 21.1. The van der Waals surface area contributed by atoms with E-state index in [4.69, 9.17) is 16.9 Å².